The quantitative estimate of drug-likeness (QED) is 0.579. The molecule has 0 spiro atoms. The van der Waals surface area contributed by atoms with Crippen LogP contribution in [0.1, 0.15) is 11.1 Å². The number of hydrogen-bond donors (Lipinski definition) is 0. The summed E-state index contributed by atoms with van der Waals surface area (Å²) >= 11 is 11.9. The molecule has 2 rings (SSSR count). The van der Waals surface area contributed by atoms with Crippen LogP contribution >= 0.6 is 23.2 Å². The Morgan fingerprint density at radius 2 is 1.82 bits per heavy atom. The first-order chi connectivity index (χ1) is 10.6. The van der Waals surface area contributed by atoms with Gasteiger partial charge in [-0.3, -0.25) is 0 Å². The molecule has 22 heavy (non-hydrogen) atoms. The van der Waals surface area contributed by atoms with E-state index in [2.05, 4.69) is 6.07 Å². The molecule has 0 heterocycles. The van der Waals surface area contributed by atoms with Crippen LogP contribution in [0.2, 0.25) is 10.0 Å². The second kappa shape index (κ2) is 7.22. The van der Waals surface area contributed by atoms with Crippen molar-refractivity contribution >= 4 is 34.9 Å². The van der Waals surface area contributed by atoms with E-state index in [9.17, 15) is 5.26 Å². The molecule has 0 N–H and O–H groups in total. The number of benzene rings is 2. The molecule has 0 fully saturated rings. The zero-order valence-corrected chi connectivity index (χ0v) is 13.6. The Labute approximate surface area is 139 Å². The van der Waals surface area contributed by atoms with Gasteiger partial charge in [0.2, 0.25) is 0 Å². The number of allylic oxidation sites excluding steroid dienone is 1. The Kier molecular flexibility index (Phi) is 5.32. The number of methoxy groups -OCH3 is 2. The molecular formula is C17H13Cl2NO2. The molecule has 0 aliphatic carbocycles. The van der Waals surface area contributed by atoms with Gasteiger partial charge in [0.1, 0.15) is 11.5 Å². The zero-order valence-electron chi connectivity index (χ0n) is 12.1. The summed E-state index contributed by atoms with van der Waals surface area (Å²) in [6.07, 6.45) is 1.72. The highest BCUT2D eigenvalue weighted by molar-refractivity contribution is 6.42. The van der Waals surface area contributed by atoms with Crippen LogP contribution in [0.3, 0.4) is 0 Å². The Hall–Kier alpha value is -2.15. The van der Waals surface area contributed by atoms with E-state index in [4.69, 9.17) is 32.7 Å². The second-order valence-corrected chi connectivity index (χ2v) is 5.22. The van der Waals surface area contributed by atoms with Crippen molar-refractivity contribution in [3.8, 4) is 17.6 Å². The second-order valence-electron chi connectivity index (χ2n) is 4.41. The van der Waals surface area contributed by atoms with Crippen LogP contribution in [0.4, 0.5) is 0 Å². The lowest BCUT2D eigenvalue weighted by atomic mass is 10.0. The summed E-state index contributed by atoms with van der Waals surface area (Å²) in [7, 11) is 3.16. The molecule has 0 unspecified atom stereocenters. The van der Waals surface area contributed by atoms with Crippen LogP contribution in [0.25, 0.3) is 11.6 Å². The van der Waals surface area contributed by atoms with Crippen LogP contribution in [-0.2, 0) is 0 Å². The first-order valence-electron chi connectivity index (χ1n) is 6.38. The highest BCUT2D eigenvalue weighted by Gasteiger charge is 2.08. The van der Waals surface area contributed by atoms with Gasteiger partial charge in [-0.2, -0.15) is 5.26 Å². The van der Waals surface area contributed by atoms with Gasteiger partial charge < -0.3 is 9.47 Å². The summed E-state index contributed by atoms with van der Waals surface area (Å²) in [6, 6.07) is 12.6. The highest BCUT2D eigenvalue weighted by atomic mass is 35.5. The molecule has 0 aliphatic rings. The van der Waals surface area contributed by atoms with E-state index < -0.39 is 0 Å². The standard InChI is InChI=1S/C17H13Cl2NO2/c1-21-14-4-6-17(22-2)12(8-14)7-13(10-20)11-3-5-15(18)16(19)9-11/h3-9H,1-2H3/b13-7-. The lowest BCUT2D eigenvalue weighted by Crippen LogP contribution is -1.90. The third kappa shape index (κ3) is 3.54. The number of nitriles is 1. The minimum absolute atomic E-state index is 0.401. The minimum Gasteiger partial charge on any atom is -0.497 e. The van der Waals surface area contributed by atoms with Crippen molar-refractivity contribution in [3.05, 3.63) is 57.6 Å². The lowest BCUT2D eigenvalue weighted by molar-refractivity contribution is 0.402. The van der Waals surface area contributed by atoms with E-state index in [1.165, 1.54) is 0 Å². The predicted octanol–water partition coefficient (Wildman–Crippen LogP) is 5.07. The summed E-state index contributed by atoms with van der Waals surface area (Å²) in [5.41, 5.74) is 1.87. The maximum absolute atomic E-state index is 9.42. The minimum atomic E-state index is 0.401. The van der Waals surface area contributed by atoms with Crippen molar-refractivity contribution in [2.24, 2.45) is 0 Å². The van der Waals surface area contributed by atoms with Gasteiger partial charge in [-0.1, -0.05) is 29.3 Å². The average molecular weight is 334 g/mol. The number of rotatable bonds is 4. The van der Waals surface area contributed by atoms with E-state index in [1.807, 2.05) is 0 Å². The Morgan fingerprint density at radius 3 is 2.41 bits per heavy atom. The summed E-state index contributed by atoms with van der Waals surface area (Å²) < 4.78 is 10.5. The fourth-order valence-corrected chi connectivity index (χ4v) is 2.25. The Bertz CT molecular complexity index is 764. The molecule has 0 aromatic heterocycles. The molecule has 0 saturated carbocycles. The van der Waals surface area contributed by atoms with Gasteiger partial charge in [0.15, 0.2) is 0 Å². The molecule has 2 aromatic rings. The van der Waals surface area contributed by atoms with Gasteiger partial charge in [0.25, 0.3) is 0 Å². The lowest BCUT2D eigenvalue weighted by Gasteiger charge is -2.08. The molecular weight excluding hydrogens is 321 g/mol. The number of ether oxygens (including phenoxy) is 2. The third-order valence-corrected chi connectivity index (χ3v) is 3.83. The van der Waals surface area contributed by atoms with Gasteiger partial charge in [-0.15, -0.1) is 0 Å². The fraction of sp³-hybridized carbons (Fsp3) is 0.118. The van der Waals surface area contributed by atoms with E-state index in [0.717, 1.165) is 5.56 Å². The molecule has 0 saturated heterocycles. The first-order valence-corrected chi connectivity index (χ1v) is 7.14. The van der Waals surface area contributed by atoms with Crippen molar-refractivity contribution in [2.45, 2.75) is 0 Å². The molecule has 0 bridgehead atoms. The highest BCUT2D eigenvalue weighted by Crippen LogP contribution is 2.30. The first kappa shape index (κ1) is 16.2. The van der Waals surface area contributed by atoms with Crippen molar-refractivity contribution in [1.29, 1.82) is 5.26 Å². The molecule has 3 nitrogen and oxygen atoms in total. The molecule has 2 aromatic carbocycles. The van der Waals surface area contributed by atoms with Crippen LogP contribution in [0, 0.1) is 11.3 Å². The largest absolute Gasteiger partial charge is 0.497 e. The maximum atomic E-state index is 9.42. The molecule has 5 heteroatoms. The van der Waals surface area contributed by atoms with Crippen molar-refractivity contribution in [2.75, 3.05) is 14.2 Å². The van der Waals surface area contributed by atoms with Gasteiger partial charge >= 0.3 is 0 Å². The molecule has 0 atom stereocenters. The van der Waals surface area contributed by atoms with Gasteiger partial charge in [0.05, 0.1) is 35.9 Å². The van der Waals surface area contributed by atoms with Crippen molar-refractivity contribution in [1.82, 2.24) is 0 Å². The molecule has 112 valence electrons. The van der Waals surface area contributed by atoms with Crippen LogP contribution in [0.15, 0.2) is 36.4 Å². The van der Waals surface area contributed by atoms with Crippen LogP contribution in [0.5, 0.6) is 11.5 Å². The van der Waals surface area contributed by atoms with E-state index in [0.29, 0.717) is 32.7 Å². The van der Waals surface area contributed by atoms with Crippen LogP contribution < -0.4 is 9.47 Å². The molecule has 0 radical (unpaired) electrons. The van der Waals surface area contributed by atoms with Gasteiger partial charge in [-0.25, -0.2) is 0 Å². The van der Waals surface area contributed by atoms with E-state index in [1.54, 1.807) is 56.7 Å². The molecule has 0 amide bonds. The zero-order chi connectivity index (χ0) is 16.1. The van der Waals surface area contributed by atoms with E-state index in [-0.39, 0.29) is 0 Å². The van der Waals surface area contributed by atoms with Crippen molar-refractivity contribution < 1.29 is 9.47 Å². The van der Waals surface area contributed by atoms with Crippen molar-refractivity contribution in [3.63, 3.8) is 0 Å². The molecule has 0 aliphatic heterocycles. The predicted molar refractivity (Wildman–Crippen MR) is 89.5 cm³/mol. The van der Waals surface area contributed by atoms with Gasteiger partial charge in [-0.05, 0) is 42.0 Å². The number of hydrogen-bond acceptors (Lipinski definition) is 3. The number of halogens is 2. The van der Waals surface area contributed by atoms with Crippen LogP contribution in [-0.4, -0.2) is 14.2 Å². The normalized spacial score (nSPS) is 11.0. The topological polar surface area (TPSA) is 42.2 Å². The maximum Gasteiger partial charge on any atom is 0.126 e. The van der Waals surface area contributed by atoms with Gasteiger partial charge in [0, 0.05) is 5.56 Å². The third-order valence-electron chi connectivity index (χ3n) is 3.09. The Balaban J connectivity index is 2.53. The Morgan fingerprint density at radius 1 is 1.05 bits per heavy atom. The number of nitrogens with zero attached hydrogens (tertiary/aromatic N) is 1. The smallest absolute Gasteiger partial charge is 0.126 e. The summed E-state index contributed by atoms with van der Waals surface area (Å²) in [5, 5.41) is 10.3. The fourth-order valence-electron chi connectivity index (χ4n) is 1.95. The summed E-state index contributed by atoms with van der Waals surface area (Å²) in [4.78, 5) is 0. The van der Waals surface area contributed by atoms with E-state index >= 15 is 0 Å². The SMILES string of the molecule is COc1ccc(OC)c(/C=C(/C#N)c2ccc(Cl)c(Cl)c2)c1. The summed E-state index contributed by atoms with van der Waals surface area (Å²) in [5.74, 6) is 1.33. The average Bonchev–Trinajstić information content (AvgIpc) is 2.55. The monoisotopic (exact) mass is 333 g/mol. The summed E-state index contributed by atoms with van der Waals surface area (Å²) in [6.45, 7) is 0.